The first-order valence-corrected chi connectivity index (χ1v) is 6.58. The number of benzene rings is 1. The molecule has 0 spiro atoms. The first kappa shape index (κ1) is 12.7. The summed E-state index contributed by atoms with van der Waals surface area (Å²) < 4.78 is 3.57. The van der Waals surface area contributed by atoms with E-state index in [0.29, 0.717) is 5.02 Å². The molecule has 102 valence electrons. The van der Waals surface area contributed by atoms with Gasteiger partial charge in [0.15, 0.2) is 0 Å². The topological polar surface area (TPSA) is 47.7 Å². The number of nitrogens with one attached hydrogen (secondary N) is 1. The van der Waals surface area contributed by atoms with Crippen molar-refractivity contribution in [3.8, 4) is 5.69 Å². The van der Waals surface area contributed by atoms with Crippen molar-refractivity contribution in [2.75, 3.05) is 5.32 Å². The average molecular weight is 288 g/mol. The molecule has 5 nitrogen and oxygen atoms in total. The zero-order valence-corrected chi connectivity index (χ0v) is 12.0. The molecular formula is C14H14ClN5. The minimum absolute atomic E-state index is 0.683. The van der Waals surface area contributed by atoms with Gasteiger partial charge in [-0.25, -0.2) is 4.68 Å². The molecule has 0 saturated carbocycles. The third-order valence-electron chi connectivity index (χ3n) is 2.86. The zero-order valence-electron chi connectivity index (χ0n) is 11.2. The van der Waals surface area contributed by atoms with E-state index in [1.165, 1.54) is 0 Å². The van der Waals surface area contributed by atoms with Gasteiger partial charge in [-0.05, 0) is 25.1 Å². The number of rotatable bonds is 3. The van der Waals surface area contributed by atoms with Gasteiger partial charge in [-0.15, -0.1) is 0 Å². The van der Waals surface area contributed by atoms with Crippen LogP contribution in [0.5, 0.6) is 0 Å². The first-order valence-electron chi connectivity index (χ1n) is 6.20. The smallest absolute Gasteiger partial charge is 0.134 e. The highest BCUT2D eigenvalue weighted by atomic mass is 35.5. The van der Waals surface area contributed by atoms with Crippen molar-refractivity contribution in [3.63, 3.8) is 0 Å². The number of halogens is 1. The molecule has 0 bridgehead atoms. The molecule has 6 heteroatoms. The third-order valence-corrected chi connectivity index (χ3v) is 3.10. The Hall–Kier alpha value is -2.27. The molecule has 0 aliphatic rings. The lowest BCUT2D eigenvalue weighted by Gasteiger charge is -2.08. The highest BCUT2D eigenvalue weighted by Gasteiger charge is 2.09. The molecular weight excluding hydrogens is 274 g/mol. The van der Waals surface area contributed by atoms with Crippen LogP contribution in [0.1, 0.15) is 5.69 Å². The van der Waals surface area contributed by atoms with Crippen LogP contribution in [-0.4, -0.2) is 19.6 Å². The van der Waals surface area contributed by atoms with E-state index in [9.17, 15) is 0 Å². The van der Waals surface area contributed by atoms with Gasteiger partial charge in [0.2, 0.25) is 0 Å². The Morgan fingerprint density at radius 1 is 1.25 bits per heavy atom. The fraction of sp³-hybridized carbons (Fsp3) is 0.143. The Morgan fingerprint density at radius 3 is 2.80 bits per heavy atom. The van der Waals surface area contributed by atoms with E-state index in [1.807, 2.05) is 55.2 Å². The normalized spacial score (nSPS) is 10.8. The first-order chi connectivity index (χ1) is 9.61. The molecule has 2 aromatic heterocycles. The summed E-state index contributed by atoms with van der Waals surface area (Å²) >= 11 is 6.04. The Morgan fingerprint density at radius 2 is 2.10 bits per heavy atom. The monoisotopic (exact) mass is 287 g/mol. The summed E-state index contributed by atoms with van der Waals surface area (Å²) in [4.78, 5) is 0. The number of anilines is 2. The van der Waals surface area contributed by atoms with Crippen LogP contribution in [0, 0.1) is 6.92 Å². The van der Waals surface area contributed by atoms with Gasteiger partial charge in [0, 0.05) is 24.3 Å². The number of aromatic nitrogens is 4. The summed E-state index contributed by atoms with van der Waals surface area (Å²) in [5.74, 6) is 0.873. The SMILES string of the molecule is Cc1cc(Nc2cnn(C)c2)n(-c2cccc(Cl)c2)n1. The molecule has 2 heterocycles. The minimum Gasteiger partial charge on any atom is -0.338 e. The van der Waals surface area contributed by atoms with E-state index < -0.39 is 0 Å². The largest absolute Gasteiger partial charge is 0.338 e. The lowest BCUT2D eigenvalue weighted by molar-refractivity contribution is 0.768. The molecule has 0 fully saturated rings. The summed E-state index contributed by atoms with van der Waals surface area (Å²) in [5.41, 5.74) is 2.75. The van der Waals surface area contributed by atoms with Gasteiger partial charge in [-0.1, -0.05) is 17.7 Å². The van der Waals surface area contributed by atoms with Crippen LogP contribution in [0.2, 0.25) is 5.02 Å². The van der Waals surface area contributed by atoms with Gasteiger partial charge in [-0.3, -0.25) is 4.68 Å². The van der Waals surface area contributed by atoms with Crippen molar-refractivity contribution in [1.29, 1.82) is 0 Å². The van der Waals surface area contributed by atoms with Crippen LogP contribution in [0.15, 0.2) is 42.7 Å². The van der Waals surface area contributed by atoms with E-state index in [2.05, 4.69) is 15.5 Å². The molecule has 0 radical (unpaired) electrons. The Bertz CT molecular complexity index is 744. The quantitative estimate of drug-likeness (QED) is 0.804. The fourth-order valence-corrected chi connectivity index (χ4v) is 2.21. The summed E-state index contributed by atoms with van der Waals surface area (Å²) in [6, 6.07) is 9.57. The summed E-state index contributed by atoms with van der Waals surface area (Å²) in [5, 5.41) is 12.6. The average Bonchev–Trinajstić information content (AvgIpc) is 2.96. The maximum atomic E-state index is 6.04. The van der Waals surface area contributed by atoms with Gasteiger partial charge in [0.25, 0.3) is 0 Å². The predicted molar refractivity (Wildman–Crippen MR) is 79.8 cm³/mol. The van der Waals surface area contributed by atoms with Crippen molar-refractivity contribution in [3.05, 3.63) is 53.4 Å². The summed E-state index contributed by atoms with van der Waals surface area (Å²) in [6.07, 6.45) is 3.68. The van der Waals surface area contributed by atoms with Crippen LogP contribution in [0.3, 0.4) is 0 Å². The Kier molecular flexibility index (Phi) is 3.20. The number of hydrogen-bond donors (Lipinski definition) is 1. The molecule has 1 aromatic carbocycles. The minimum atomic E-state index is 0.683. The third kappa shape index (κ3) is 2.53. The molecule has 0 saturated heterocycles. The van der Waals surface area contributed by atoms with Crippen molar-refractivity contribution in [2.24, 2.45) is 7.05 Å². The molecule has 0 aliphatic heterocycles. The Balaban J connectivity index is 2.00. The van der Waals surface area contributed by atoms with Crippen LogP contribution in [-0.2, 0) is 7.05 Å². The molecule has 0 aliphatic carbocycles. The van der Waals surface area contributed by atoms with E-state index >= 15 is 0 Å². The highest BCUT2D eigenvalue weighted by Crippen LogP contribution is 2.22. The van der Waals surface area contributed by atoms with Gasteiger partial charge in [-0.2, -0.15) is 10.2 Å². The number of aryl methyl sites for hydroxylation is 2. The van der Waals surface area contributed by atoms with Crippen LogP contribution < -0.4 is 5.32 Å². The van der Waals surface area contributed by atoms with Crippen LogP contribution in [0.4, 0.5) is 11.5 Å². The highest BCUT2D eigenvalue weighted by molar-refractivity contribution is 6.30. The molecule has 0 amide bonds. The molecule has 1 N–H and O–H groups in total. The van der Waals surface area contributed by atoms with E-state index in [4.69, 9.17) is 11.6 Å². The summed E-state index contributed by atoms with van der Waals surface area (Å²) in [6.45, 7) is 1.95. The molecule has 3 rings (SSSR count). The predicted octanol–water partition coefficient (Wildman–Crippen LogP) is 3.31. The van der Waals surface area contributed by atoms with Crippen molar-refractivity contribution >= 4 is 23.1 Å². The zero-order chi connectivity index (χ0) is 14.1. The maximum absolute atomic E-state index is 6.04. The molecule has 20 heavy (non-hydrogen) atoms. The molecule has 3 aromatic rings. The standard InChI is InChI=1S/C14H14ClN5/c1-10-6-14(17-12-8-16-19(2)9-12)20(18-10)13-5-3-4-11(15)7-13/h3-9,17H,1-2H3. The van der Waals surface area contributed by atoms with Crippen molar-refractivity contribution < 1.29 is 0 Å². The second-order valence-electron chi connectivity index (χ2n) is 4.59. The second kappa shape index (κ2) is 5.02. The summed E-state index contributed by atoms with van der Waals surface area (Å²) in [7, 11) is 1.88. The van der Waals surface area contributed by atoms with Gasteiger partial charge < -0.3 is 5.32 Å². The lowest BCUT2D eigenvalue weighted by atomic mass is 10.3. The van der Waals surface area contributed by atoms with Gasteiger partial charge in [0.05, 0.1) is 23.3 Å². The Labute approximate surface area is 121 Å². The van der Waals surface area contributed by atoms with Gasteiger partial charge in [0.1, 0.15) is 5.82 Å². The second-order valence-corrected chi connectivity index (χ2v) is 5.03. The van der Waals surface area contributed by atoms with Crippen LogP contribution in [0.25, 0.3) is 5.69 Å². The van der Waals surface area contributed by atoms with E-state index in [-0.39, 0.29) is 0 Å². The van der Waals surface area contributed by atoms with Crippen LogP contribution >= 0.6 is 11.6 Å². The molecule has 0 unspecified atom stereocenters. The lowest BCUT2D eigenvalue weighted by Crippen LogP contribution is -2.02. The van der Waals surface area contributed by atoms with Crippen molar-refractivity contribution in [2.45, 2.75) is 6.92 Å². The number of nitrogens with zero attached hydrogens (tertiary/aromatic N) is 4. The maximum Gasteiger partial charge on any atom is 0.134 e. The fourth-order valence-electron chi connectivity index (χ4n) is 2.03. The van der Waals surface area contributed by atoms with Gasteiger partial charge >= 0.3 is 0 Å². The number of hydrogen-bond acceptors (Lipinski definition) is 3. The van der Waals surface area contributed by atoms with Crippen molar-refractivity contribution in [1.82, 2.24) is 19.6 Å². The van der Waals surface area contributed by atoms with E-state index in [1.54, 1.807) is 10.9 Å². The van der Waals surface area contributed by atoms with E-state index in [0.717, 1.165) is 22.9 Å². The molecule has 0 atom stereocenters.